The molecule has 0 saturated carbocycles. The third kappa shape index (κ3) is 2.61. The number of pyridine rings is 1. The van der Waals surface area contributed by atoms with Crippen LogP contribution in [-0.4, -0.2) is 50.6 Å². The fraction of sp³-hybridized carbons (Fsp3) is 0.438. The van der Waals surface area contributed by atoms with E-state index in [1.807, 2.05) is 10.7 Å². The number of nitrogens with two attached hydrogens (primary N) is 1. The van der Waals surface area contributed by atoms with Gasteiger partial charge in [-0.25, -0.2) is 9.78 Å². The lowest BCUT2D eigenvalue weighted by atomic mass is 9.82. The maximum absolute atomic E-state index is 12.5. The Hall–Kier alpha value is -2.91. The number of fused-ring (bicyclic) bond motifs is 2. The van der Waals surface area contributed by atoms with E-state index in [2.05, 4.69) is 14.8 Å². The second-order valence-electron chi connectivity index (χ2n) is 6.61. The van der Waals surface area contributed by atoms with Gasteiger partial charge in [0, 0.05) is 42.5 Å². The molecule has 1 saturated heterocycles. The molecule has 1 amide bonds. The van der Waals surface area contributed by atoms with Crippen molar-refractivity contribution in [3.63, 3.8) is 0 Å². The van der Waals surface area contributed by atoms with E-state index in [-0.39, 0.29) is 17.0 Å². The normalized spacial score (nSPS) is 21.6. The molecule has 8 nitrogen and oxygen atoms in total. The quantitative estimate of drug-likeness (QED) is 0.863. The molecule has 0 aliphatic carbocycles. The molecule has 2 aromatic heterocycles. The number of carboxylic acid groups (broad SMARTS) is 1. The number of aromatic nitrogens is 3. The van der Waals surface area contributed by atoms with Crippen molar-refractivity contribution in [1.82, 2.24) is 19.7 Å². The molecule has 3 N–H and O–H groups in total. The third-order valence-corrected chi connectivity index (χ3v) is 5.14. The van der Waals surface area contributed by atoms with Crippen LogP contribution in [0.3, 0.4) is 0 Å². The molecule has 2 aliphatic rings. The summed E-state index contributed by atoms with van der Waals surface area (Å²) in [6, 6.07) is 3.26. The largest absolute Gasteiger partial charge is 0.465 e. The molecule has 0 aromatic carbocycles. The van der Waals surface area contributed by atoms with Gasteiger partial charge in [0.05, 0.1) is 5.69 Å². The van der Waals surface area contributed by atoms with E-state index in [4.69, 9.17) is 5.73 Å². The van der Waals surface area contributed by atoms with Gasteiger partial charge >= 0.3 is 12.7 Å². The fourth-order valence-corrected chi connectivity index (χ4v) is 3.84. The van der Waals surface area contributed by atoms with Gasteiger partial charge in [-0.05, 0) is 25.0 Å². The van der Waals surface area contributed by atoms with E-state index >= 15 is 0 Å². The number of rotatable bonds is 3. The van der Waals surface area contributed by atoms with E-state index in [9.17, 15) is 18.7 Å². The molecule has 1 atom stereocenters. The van der Waals surface area contributed by atoms with Gasteiger partial charge in [0.2, 0.25) is 0 Å². The number of alkyl halides is 2. The molecule has 138 valence electrons. The number of hydrogen-bond donors (Lipinski definition) is 2. The molecule has 26 heavy (non-hydrogen) atoms. The number of hydrogen-bond acceptors (Lipinski definition) is 5. The first-order chi connectivity index (χ1) is 12.4. The number of amides is 1. The summed E-state index contributed by atoms with van der Waals surface area (Å²) in [7, 11) is 0. The first kappa shape index (κ1) is 16.6. The molecule has 0 unspecified atom stereocenters. The molecular formula is C16H17F2N5O3. The molecule has 1 fully saturated rings. The zero-order valence-electron chi connectivity index (χ0n) is 13.7. The number of likely N-dealkylation sites (tertiary alicyclic amines) is 1. The van der Waals surface area contributed by atoms with Crippen molar-refractivity contribution in [3.05, 3.63) is 24.0 Å². The van der Waals surface area contributed by atoms with Crippen LogP contribution >= 0.6 is 0 Å². The molecular weight excluding hydrogens is 348 g/mol. The van der Waals surface area contributed by atoms with Gasteiger partial charge in [-0.2, -0.15) is 13.9 Å². The monoisotopic (exact) mass is 365 g/mol. The molecule has 1 spiro atoms. The summed E-state index contributed by atoms with van der Waals surface area (Å²) in [4.78, 5) is 16.6. The van der Waals surface area contributed by atoms with E-state index in [0.29, 0.717) is 30.9 Å². The number of halogens is 2. The Morgan fingerprint density at radius 3 is 2.81 bits per heavy atom. The minimum Gasteiger partial charge on any atom is -0.465 e. The molecule has 0 radical (unpaired) electrons. The van der Waals surface area contributed by atoms with Crippen LogP contribution in [0.4, 0.5) is 19.4 Å². The molecule has 10 heteroatoms. The average Bonchev–Trinajstić information content (AvgIpc) is 3.26. The first-order valence-corrected chi connectivity index (χ1v) is 8.15. The second-order valence-corrected chi connectivity index (χ2v) is 6.61. The number of anilines is 1. The van der Waals surface area contributed by atoms with Crippen molar-refractivity contribution in [3.8, 4) is 17.0 Å². The summed E-state index contributed by atoms with van der Waals surface area (Å²) in [5.74, 6) is -0.316. The summed E-state index contributed by atoms with van der Waals surface area (Å²) in [5.41, 5.74) is 7.37. The van der Waals surface area contributed by atoms with E-state index < -0.39 is 12.7 Å². The standard InChI is InChI=1S/C16H17F2N5O3/c17-14(18)26-11-5-9(7-20-13(11)19)10-6-12-16(2-4-23(12)21-10)1-3-22(8-16)15(24)25/h5-7,14H,1-4,8H2,(H2,19,20)(H,24,25)/t16-/m1/s1. The topological polar surface area (TPSA) is 106 Å². The van der Waals surface area contributed by atoms with Crippen LogP contribution in [0, 0.1) is 0 Å². The first-order valence-electron chi connectivity index (χ1n) is 8.15. The minimum absolute atomic E-state index is 0.120. The third-order valence-electron chi connectivity index (χ3n) is 5.14. The number of ether oxygens (including phenoxy) is 1. The SMILES string of the molecule is Nc1ncc(-c2cc3n(n2)CC[C@@]32CCN(C(=O)O)C2)cc1OC(F)F. The molecule has 4 rings (SSSR count). The van der Waals surface area contributed by atoms with Crippen molar-refractivity contribution in [1.29, 1.82) is 0 Å². The van der Waals surface area contributed by atoms with Gasteiger partial charge in [0.25, 0.3) is 0 Å². The van der Waals surface area contributed by atoms with Crippen molar-refractivity contribution < 1.29 is 23.4 Å². The zero-order chi connectivity index (χ0) is 18.5. The minimum atomic E-state index is -3.00. The van der Waals surface area contributed by atoms with Gasteiger partial charge in [0.15, 0.2) is 11.6 Å². The number of carbonyl (C=O) groups is 1. The lowest BCUT2D eigenvalue weighted by molar-refractivity contribution is -0.0494. The van der Waals surface area contributed by atoms with E-state index in [1.165, 1.54) is 17.2 Å². The highest BCUT2D eigenvalue weighted by Gasteiger charge is 2.47. The van der Waals surface area contributed by atoms with Crippen molar-refractivity contribution in [2.24, 2.45) is 0 Å². The predicted molar refractivity (Wildman–Crippen MR) is 87.0 cm³/mol. The van der Waals surface area contributed by atoms with Crippen LogP contribution in [0.25, 0.3) is 11.3 Å². The van der Waals surface area contributed by atoms with Crippen LogP contribution in [0.1, 0.15) is 18.5 Å². The fourth-order valence-electron chi connectivity index (χ4n) is 3.84. The number of nitrogen functional groups attached to an aromatic ring is 1. The average molecular weight is 365 g/mol. The predicted octanol–water partition coefficient (Wildman–Crippen LogP) is 2.15. The van der Waals surface area contributed by atoms with Gasteiger partial charge in [0.1, 0.15) is 0 Å². The number of nitrogens with zero attached hydrogens (tertiary/aromatic N) is 4. The Morgan fingerprint density at radius 2 is 2.12 bits per heavy atom. The lowest BCUT2D eigenvalue weighted by Crippen LogP contribution is -2.32. The Bertz CT molecular complexity index is 872. The van der Waals surface area contributed by atoms with Crippen LogP contribution in [0.2, 0.25) is 0 Å². The van der Waals surface area contributed by atoms with Gasteiger partial charge in [-0.3, -0.25) is 4.68 Å². The van der Waals surface area contributed by atoms with Crippen LogP contribution in [0.5, 0.6) is 5.75 Å². The van der Waals surface area contributed by atoms with Crippen molar-refractivity contribution >= 4 is 11.9 Å². The van der Waals surface area contributed by atoms with E-state index in [1.54, 1.807) is 0 Å². The van der Waals surface area contributed by atoms with Crippen LogP contribution < -0.4 is 10.5 Å². The summed E-state index contributed by atoms with van der Waals surface area (Å²) in [6.45, 7) is -1.38. The lowest BCUT2D eigenvalue weighted by Gasteiger charge is -2.21. The number of aryl methyl sites for hydroxylation is 1. The molecule has 2 aliphatic heterocycles. The Morgan fingerprint density at radius 1 is 1.35 bits per heavy atom. The Balaban J connectivity index is 1.66. The van der Waals surface area contributed by atoms with Crippen LogP contribution in [-0.2, 0) is 12.0 Å². The Kier molecular flexibility index (Phi) is 3.70. The maximum Gasteiger partial charge on any atom is 0.407 e. The van der Waals surface area contributed by atoms with Crippen molar-refractivity contribution in [2.75, 3.05) is 18.8 Å². The smallest absolute Gasteiger partial charge is 0.407 e. The Labute approximate surface area is 147 Å². The molecule has 2 aromatic rings. The van der Waals surface area contributed by atoms with E-state index in [0.717, 1.165) is 18.5 Å². The van der Waals surface area contributed by atoms with Crippen LogP contribution in [0.15, 0.2) is 18.3 Å². The molecule has 0 bridgehead atoms. The van der Waals surface area contributed by atoms with Gasteiger partial charge in [-0.15, -0.1) is 0 Å². The highest BCUT2D eigenvalue weighted by molar-refractivity contribution is 5.67. The second kappa shape index (κ2) is 5.82. The summed E-state index contributed by atoms with van der Waals surface area (Å²) >= 11 is 0. The highest BCUT2D eigenvalue weighted by atomic mass is 19.3. The maximum atomic E-state index is 12.5. The summed E-state index contributed by atoms with van der Waals surface area (Å²) < 4.78 is 31.2. The van der Waals surface area contributed by atoms with Gasteiger partial charge in [-0.1, -0.05) is 0 Å². The van der Waals surface area contributed by atoms with Crippen molar-refractivity contribution in [2.45, 2.75) is 31.4 Å². The summed E-state index contributed by atoms with van der Waals surface area (Å²) in [6.07, 6.45) is 2.11. The highest BCUT2D eigenvalue weighted by Crippen LogP contribution is 2.44. The molecule has 4 heterocycles. The zero-order valence-corrected chi connectivity index (χ0v) is 13.7. The van der Waals surface area contributed by atoms with Gasteiger partial charge < -0.3 is 20.5 Å². The summed E-state index contributed by atoms with van der Waals surface area (Å²) in [5, 5.41) is 13.8.